The summed E-state index contributed by atoms with van der Waals surface area (Å²) in [5, 5.41) is 2.80. The second kappa shape index (κ2) is 8.65. The number of amides is 1. The second-order valence-corrected chi connectivity index (χ2v) is 8.52. The second-order valence-electron chi connectivity index (χ2n) is 6.58. The van der Waals surface area contributed by atoms with Gasteiger partial charge in [-0.2, -0.15) is 4.31 Å². The van der Waals surface area contributed by atoms with Gasteiger partial charge in [0.25, 0.3) is 0 Å². The average Bonchev–Trinajstić information content (AvgIpc) is 2.67. The highest BCUT2D eigenvalue weighted by atomic mass is 32.2. The van der Waals surface area contributed by atoms with Crippen molar-refractivity contribution in [2.24, 2.45) is 0 Å². The molecule has 0 saturated carbocycles. The molecule has 0 aromatic heterocycles. The van der Waals surface area contributed by atoms with E-state index >= 15 is 0 Å². The van der Waals surface area contributed by atoms with Crippen LogP contribution in [0.5, 0.6) is 0 Å². The van der Waals surface area contributed by atoms with Gasteiger partial charge in [0.05, 0.1) is 18.1 Å². The molecule has 1 N–H and O–H groups in total. The maximum absolute atomic E-state index is 12.7. The molecule has 27 heavy (non-hydrogen) atoms. The Morgan fingerprint density at radius 3 is 2.59 bits per heavy atom. The Hall–Kier alpha value is -2.22. The molecule has 3 rings (SSSR count). The molecule has 0 unspecified atom stereocenters. The first-order valence-corrected chi connectivity index (χ1v) is 10.4. The van der Waals surface area contributed by atoms with Crippen LogP contribution in [-0.2, 0) is 26.0 Å². The zero-order valence-electron chi connectivity index (χ0n) is 15.3. The van der Waals surface area contributed by atoms with Crippen LogP contribution in [-0.4, -0.2) is 44.9 Å². The molecule has 7 heteroatoms. The lowest BCUT2D eigenvalue weighted by Crippen LogP contribution is -2.40. The fourth-order valence-electron chi connectivity index (χ4n) is 3.02. The molecule has 0 radical (unpaired) electrons. The summed E-state index contributed by atoms with van der Waals surface area (Å²) in [6.45, 7) is 3.50. The highest BCUT2D eigenvalue weighted by Crippen LogP contribution is 2.21. The van der Waals surface area contributed by atoms with Crippen molar-refractivity contribution in [2.45, 2.75) is 24.7 Å². The smallest absolute Gasteiger partial charge is 0.243 e. The number of ether oxygens (including phenoxy) is 1. The quantitative estimate of drug-likeness (QED) is 0.825. The van der Waals surface area contributed by atoms with E-state index in [1.54, 1.807) is 18.2 Å². The van der Waals surface area contributed by atoms with Crippen molar-refractivity contribution in [2.75, 3.05) is 31.6 Å². The molecule has 2 aromatic carbocycles. The van der Waals surface area contributed by atoms with Gasteiger partial charge >= 0.3 is 0 Å². The minimum atomic E-state index is -3.58. The van der Waals surface area contributed by atoms with Crippen LogP contribution in [0.3, 0.4) is 0 Å². The topological polar surface area (TPSA) is 75.7 Å². The molecule has 0 atom stereocenters. The van der Waals surface area contributed by atoms with Crippen molar-refractivity contribution in [1.82, 2.24) is 4.31 Å². The van der Waals surface area contributed by atoms with Gasteiger partial charge < -0.3 is 10.1 Å². The Labute approximate surface area is 160 Å². The lowest BCUT2D eigenvalue weighted by atomic mass is 10.1. The molecule has 0 bridgehead atoms. The molecular weight excluding hydrogens is 364 g/mol. The predicted octanol–water partition coefficient (Wildman–Crippen LogP) is 2.59. The highest BCUT2D eigenvalue weighted by molar-refractivity contribution is 7.89. The molecule has 1 saturated heterocycles. The van der Waals surface area contributed by atoms with Gasteiger partial charge in [-0.3, -0.25) is 4.79 Å². The molecule has 1 aliphatic rings. The molecule has 2 aromatic rings. The van der Waals surface area contributed by atoms with E-state index in [-0.39, 0.29) is 10.8 Å². The van der Waals surface area contributed by atoms with Crippen LogP contribution in [0.2, 0.25) is 0 Å². The molecule has 1 amide bonds. The monoisotopic (exact) mass is 388 g/mol. The minimum absolute atomic E-state index is 0.141. The summed E-state index contributed by atoms with van der Waals surface area (Å²) in [7, 11) is -3.58. The number of carbonyl (C=O) groups is 1. The van der Waals surface area contributed by atoms with E-state index in [9.17, 15) is 13.2 Å². The number of rotatable bonds is 6. The zero-order chi connectivity index (χ0) is 19.3. The van der Waals surface area contributed by atoms with Gasteiger partial charge in [0, 0.05) is 25.2 Å². The lowest BCUT2D eigenvalue weighted by Gasteiger charge is -2.26. The largest absolute Gasteiger partial charge is 0.379 e. The summed E-state index contributed by atoms with van der Waals surface area (Å²) in [6, 6.07) is 14.4. The van der Waals surface area contributed by atoms with E-state index in [0.717, 1.165) is 11.1 Å². The molecule has 1 fully saturated rings. The number of carbonyl (C=O) groups excluding carboxylic acids is 1. The van der Waals surface area contributed by atoms with Gasteiger partial charge in [0.15, 0.2) is 0 Å². The Bertz CT molecular complexity index is 906. The van der Waals surface area contributed by atoms with Crippen LogP contribution in [0.4, 0.5) is 5.69 Å². The Balaban J connectivity index is 1.64. The Kier molecular flexibility index (Phi) is 6.26. The number of aryl methyl sites for hydroxylation is 2. The number of nitrogens with one attached hydrogen (secondary N) is 1. The summed E-state index contributed by atoms with van der Waals surface area (Å²) in [4.78, 5) is 12.4. The lowest BCUT2D eigenvalue weighted by molar-refractivity contribution is -0.116. The van der Waals surface area contributed by atoms with E-state index in [2.05, 4.69) is 11.4 Å². The third-order valence-electron chi connectivity index (χ3n) is 4.45. The van der Waals surface area contributed by atoms with Crippen molar-refractivity contribution >= 4 is 21.6 Å². The summed E-state index contributed by atoms with van der Waals surface area (Å²) >= 11 is 0. The molecule has 144 valence electrons. The van der Waals surface area contributed by atoms with Gasteiger partial charge in [-0.15, -0.1) is 0 Å². The molecule has 1 heterocycles. The number of anilines is 1. The first-order chi connectivity index (χ1) is 12.9. The van der Waals surface area contributed by atoms with Crippen molar-refractivity contribution in [3.63, 3.8) is 0 Å². The van der Waals surface area contributed by atoms with Crippen molar-refractivity contribution in [3.8, 4) is 0 Å². The third kappa shape index (κ3) is 5.15. The number of nitrogens with zero attached hydrogens (tertiary/aromatic N) is 1. The molecule has 1 aliphatic heterocycles. The minimum Gasteiger partial charge on any atom is -0.379 e. The van der Waals surface area contributed by atoms with Gasteiger partial charge in [-0.25, -0.2) is 8.42 Å². The van der Waals surface area contributed by atoms with Gasteiger partial charge in [0.1, 0.15) is 0 Å². The zero-order valence-corrected chi connectivity index (χ0v) is 16.2. The van der Waals surface area contributed by atoms with Gasteiger partial charge in [-0.05, 0) is 37.1 Å². The predicted molar refractivity (Wildman–Crippen MR) is 104 cm³/mol. The number of benzene rings is 2. The van der Waals surface area contributed by atoms with Crippen LogP contribution >= 0.6 is 0 Å². The van der Waals surface area contributed by atoms with E-state index in [0.29, 0.717) is 44.8 Å². The van der Waals surface area contributed by atoms with E-state index in [4.69, 9.17) is 4.74 Å². The third-order valence-corrected chi connectivity index (χ3v) is 6.34. The van der Waals surface area contributed by atoms with E-state index < -0.39 is 10.0 Å². The van der Waals surface area contributed by atoms with Crippen LogP contribution < -0.4 is 5.32 Å². The first-order valence-electron chi connectivity index (χ1n) is 8.98. The van der Waals surface area contributed by atoms with Crippen LogP contribution in [0.15, 0.2) is 53.4 Å². The van der Waals surface area contributed by atoms with Gasteiger partial charge in [0.2, 0.25) is 15.9 Å². The fourth-order valence-corrected chi connectivity index (χ4v) is 4.47. The maximum atomic E-state index is 12.7. The number of hydrogen-bond donors (Lipinski definition) is 1. The van der Waals surface area contributed by atoms with Crippen LogP contribution in [0.25, 0.3) is 0 Å². The molecule has 0 aliphatic carbocycles. The highest BCUT2D eigenvalue weighted by Gasteiger charge is 2.26. The average molecular weight is 388 g/mol. The molecular formula is C20H24N2O4S. The van der Waals surface area contributed by atoms with Crippen LogP contribution in [0, 0.1) is 6.92 Å². The van der Waals surface area contributed by atoms with Crippen molar-refractivity contribution in [3.05, 3.63) is 59.7 Å². The molecule has 6 nitrogen and oxygen atoms in total. The number of sulfonamides is 1. The van der Waals surface area contributed by atoms with Crippen LogP contribution in [0.1, 0.15) is 17.5 Å². The Morgan fingerprint density at radius 2 is 1.85 bits per heavy atom. The summed E-state index contributed by atoms with van der Waals surface area (Å²) < 4.78 is 32.1. The summed E-state index contributed by atoms with van der Waals surface area (Å²) in [5.41, 5.74) is 2.75. The standard InChI is InChI=1S/C20H24N2O4S/c1-16-4-2-5-17(14-16)8-9-20(23)21-18-6-3-7-19(15-18)27(24,25)22-10-12-26-13-11-22/h2-7,14-15H,8-13H2,1H3,(H,21,23). The fraction of sp³-hybridized carbons (Fsp3) is 0.350. The first kappa shape index (κ1) is 19.5. The van der Waals surface area contributed by atoms with Crippen molar-refractivity contribution in [1.29, 1.82) is 0 Å². The SMILES string of the molecule is Cc1cccc(CCC(=O)Nc2cccc(S(=O)(=O)N3CCOCC3)c2)c1. The van der Waals surface area contributed by atoms with E-state index in [1.807, 2.05) is 25.1 Å². The van der Waals surface area contributed by atoms with E-state index in [1.165, 1.54) is 10.4 Å². The maximum Gasteiger partial charge on any atom is 0.243 e. The summed E-state index contributed by atoms with van der Waals surface area (Å²) in [5.74, 6) is -0.141. The Morgan fingerprint density at radius 1 is 1.11 bits per heavy atom. The normalized spacial score (nSPS) is 15.4. The number of morpholine rings is 1. The van der Waals surface area contributed by atoms with Gasteiger partial charge in [-0.1, -0.05) is 35.9 Å². The molecule has 0 spiro atoms. The number of hydrogen-bond acceptors (Lipinski definition) is 4. The summed E-state index contributed by atoms with van der Waals surface area (Å²) in [6.07, 6.45) is 0.975. The van der Waals surface area contributed by atoms with Crippen molar-refractivity contribution < 1.29 is 17.9 Å².